The molecule has 84 valence electrons. The molecule has 0 unspecified atom stereocenters. The average molecular weight is 216 g/mol. The number of rotatable bonds is 0. The Morgan fingerprint density at radius 2 is 2.12 bits per heavy atom. The van der Waals surface area contributed by atoms with Crippen molar-refractivity contribution in [1.82, 2.24) is 0 Å². The number of hydrogen-bond donors (Lipinski definition) is 0. The van der Waals surface area contributed by atoms with Gasteiger partial charge in [0.15, 0.2) is 0 Å². The fourth-order valence-corrected chi connectivity index (χ4v) is 3.69. The summed E-state index contributed by atoms with van der Waals surface area (Å²) in [5, 5.41) is 0. The molecule has 2 nitrogen and oxygen atoms in total. The summed E-state index contributed by atoms with van der Waals surface area (Å²) in [7, 11) is 0. The lowest BCUT2D eigenvalue weighted by atomic mass is 9.86. The normalized spacial score (nSPS) is 42.3. The number of ether oxygens (including phenoxy) is 2. The Morgan fingerprint density at radius 3 is 2.94 bits per heavy atom. The van der Waals surface area contributed by atoms with Gasteiger partial charge in [-0.05, 0) is 26.3 Å². The SMILES string of the molecule is Cc1cc(C)c2c(c1)[C@@H]1[C@@H]3O[C@@H]3C[C@]1(C)O2. The topological polar surface area (TPSA) is 21.8 Å². The van der Waals surface area contributed by atoms with Crippen molar-refractivity contribution in [3.63, 3.8) is 0 Å². The standard InChI is InChI=1S/C14H16O2/c1-7-4-8(2)12-9(5-7)11-13-10(15-13)6-14(11,3)16-12/h4-5,10-11,13H,6H2,1-3H3/t10-,11-,13-,14+/m1/s1. The molecule has 0 amide bonds. The van der Waals surface area contributed by atoms with Crippen molar-refractivity contribution in [2.45, 2.75) is 50.9 Å². The third-order valence-electron chi connectivity index (χ3n) is 4.33. The van der Waals surface area contributed by atoms with E-state index in [1.54, 1.807) is 0 Å². The Labute approximate surface area is 95.6 Å². The molecule has 3 aliphatic rings. The third kappa shape index (κ3) is 0.921. The zero-order valence-corrected chi connectivity index (χ0v) is 9.91. The maximum atomic E-state index is 6.22. The van der Waals surface area contributed by atoms with Crippen molar-refractivity contribution in [2.24, 2.45) is 0 Å². The minimum absolute atomic E-state index is 0.00549. The Hall–Kier alpha value is -1.02. The van der Waals surface area contributed by atoms with Crippen molar-refractivity contribution in [2.75, 3.05) is 0 Å². The highest BCUT2D eigenvalue weighted by molar-refractivity contribution is 5.53. The van der Waals surface area contributed by atoms with E-state index >= 15 is 0 Å². The summed E-state index contributed by atoms with van der Waals surface area (Å²) < 4.78 is 11.9. The minimum Gasteiger partial charge on any atom is -0.486 e. The predicted molar refractivity (Wildman–Crippen MR) is 61.0 cm³/mol. The van der Waals surface area contributed by atoms with E-state index in [0.717, 1.165) is 12.2 Å². The monoisotopic (exact) mass is 216 g/mol. The van der Waals surface area contributed by atoms with Crippen LogP contribution in [0.25, 0.3) is 0 Å². The van der Waals surface area contributed by atoms with Gasteiger partial charge in [-0.3, -0.25) is 0 Å². The van der Waals surface area contributed by atoms with E-state index in [0.29, 0.717) is 18.1 Å². The lowest BCUT2D eigenvalue weighted by Crippen LogP contribution is -2.33. The van der Waals surface area contributed by atoms with E-state index < -0.39 is 0 Å². The molecule has 16 heavy (non-hydrogen) atoms. The van der Waals surface area contributed by atoms with Gasteiger partial charge >= 0.3 is 0 Å². The number of hydrogen-bond acceptors (Lipinski definition) is 2. The first kappa shape index (κ1) is 9.06. The molecular weight excluding hydrogens is 200 g/mol. The van der Waals surface area contributed by atoms with E-state index in [2.05, 4.69) is 32.9 Å². The van der Waals surface area contributed by atoms with Crippen LogP contribution >= 0.6 is 0 Å². The van der Waals surface area contributed by atoms with Gasteiger partial charge in [0.2, 0.25) is 0 Å². The molecule has 2 heteroatoms. The van der Waals surface area contributed by atoms with Crippen LogP contribution in [0.1, 0.15) is 36.0 Å². The first-order valence-corrected chi connectivity index (χ1v) is 6.04. The van der Waals surface area contributed by atoms with Gasteiger partial charge in [-0.1, -0.05) is 17.7 Å². The summed E-state index contributed by atoms with van der Waals surface area (Å²) in [6, 6.07) is 4.48. The van der Waals surface area contributed by atoms with Crippen LogP contribution in [0.2, 0.25) is 0 Å². The first-order chi connectivity index (χ1) is 7.58. The highest BCUT2D eigenvalue weighted by atomic mass is 16.6. The van der Waals surface area contributed by atoms with Crippen molar-refractivity contribution in [3.05, 3.63) is 28.8 Å². The summed E-state index contributed by atoms with van der Waals surface area (Å²) in [6.45, 7) is 6.53. The zero-order chi connectivity index (χ0) is 11.1. The summed E-state index contributed by atoms with van der Waals surface area (Å²) in [6.07, 6.45) is 1.94. The van der Waals surface area contributed by atoms with Crippen LogP contribution in [-0.4, -0.2) is 17.8 Å². The zero-order valence-electron chi connectivity index (χ0n) is 9.91. The summed E-state index contributed by atoms with van der Waals surface area (Å²) in [5.74, 6) is 1.58. The predicted octanol–water partition coefficient (Wildman–Crippen LogP) is 2.71. The Balaban J connectivity index is 1.93. The van der Waals surface area contributed by atoms with Crippen molar-refractivity contribution >= 4 is 0 Å². The highest BCUT2D eigenvalue weighted by Crippen LogP contribution is 2.61. The van der Waals surface area contributed by atoms with Crippen LogP contribution in [0, 0.1) is 13.8 Å². The van der Waals surface area contributed by atoms with E-state index in [4.69, 9.17) is 9.47 Å². The smallest absolute Gasteiger partial charge is 0.126 e. The second kappa shape index (κ2) is 2.45. The summed E-state index contributed by atoms with van der Waals surface area (Å²) in [4.78, 5) is 0. The largest absolute Gasteiger partial charge is 0.486 e. The molecule has 1 saturated heterocycles. The molecule has 0 N–H and O–H groups in total. The van der Waals surface area contributed by atoms with E-state index in [1.165, 1.54) is 16.7 Å². The molecule has 1 aromatic carbocycles. The third-order valence-corrected chi connectivity index (χ3v) is 4.33. The van der Waals surface area contributed by atoms with E-state index in [1.807, 2.05) is 0 Å². The molecule has 1 saturated carbocycles. The molecule has 4 atom stereocenters. The molecule has 0 radical (unpaired) electrons. The summed E-state index contributed by atoms with van der Waals surface area (Å²) >= 11 is 0. The maximum Gasteiger partial charge on any atom is 0.126 e. The molecular formula is C14H16O2. The molecule has 1 aliphatic carbocycles. The number of epoxide rings is 1. The minimum atomic E-state index is -0.00549. The highest BCUT2D eigenvalue weighted by Gasteiger charge is 2.66. The fourth-order valence-electron chi connectivity index (χ4n) is 3.69. The van der Waals surface area contributed by atoms with Crippen LogP contribution in [0.5, 0.6) is 5.75 Å². The van der Waals surface area contributed by atoms with E-state index in [9.17, 15) is 0 Å². The lowest BCUT2D eigenvalue weighted by Gasteiger charge is -2.25. The fraction of sp³-hybridized carbons (Fsp3) is 0.571. The molecule has 4 rings (SSSR count). The molecule has 0 spiro atoms. The van der Waals surface area contributed by atoms with Crippen molar-refractivity contribution < 1.29 is 9.47 Å². The lowest BCUT2D eigenvalue weighted by molar-refractivity contribution is 0.0604. The van der Waals surface area contributed by atoms with E-state index in [-0.39, 0.29) is 5.60 Å². The van der Waals surface area contributed by atoms with Gasteiger partial charge in [0.1, 0.15) is 11.4 Å². The Morgan fingerprint density at radius 1 is 1.31 bits per heavy atom. The molecule has 2 fully saturated rings. The number of benzene rings is 1. The van der Waals surface area contributed by atoms with Gasteiger partial charge in [0.05, 0.1) is 18.1 Å². The number of fused-ring (bicyclic) bond motifs is 5. The van der Waals surface area contributed by atoms with Crippen molar-refractivity contribution in [1.29, 1.82) is 0 Å². The summed E-state index contributed by atoms with van der Waals surface area (Å²) in [5.41, 5.74) is 3.97. The van der Waals surface area contributed by atoms with Crippen LogP contribution in [0.4, 0.5) is 0 Å². The second-order valence-electron chi connectivity index (χ2n) is 5.74. The number of aryl methyl sites for hydroxylation is 2. The molecule has 0 aromatic heterocycles. The van der Waals surface area contributed by atoms with Crippen LogP contribution in [-0.2, 0) is 4.74 Å². The van der Waals surface area contributed by atoms with Gasteiger partial charge in [-0.25, -0.2) is 0 Å². The van der Waals surface area contributed by atoms with Gasteiger partial charge in [0, 0.05) is 12.0 Å². The maximum absolute atomic E-state index is 6.22. The van der Waals surface area contributed by atoms with Gasteiger partial charge in [0.25, 0.3) is 0 Å². The van der Waals surface area contributed by atoms with Gasteiger partial charge in [-0.15, -0.1) is 0 Å². The Kier molecular flexibility index (Phi) is 1.39. The first-order valence-electron chi connectivity index (χ1n) is 6.04. The van der Waals surface area contributed by atoms with Crippen molar-refractivity contribution in [3.8, 4) is 5.75 Å². The van der Waals surface area contributed by atoms with Crippen LogP contribution in [0.3, 0.4) is 0 Å². The molecule has 1 aromatic rings. The molecule has 2 heterocycles. The second-order valence-corrected chi connectivity index (χ2v) is 5.74. The molecule has 0 bridgehead atoms. The average Bonchev–Trinajstić information content (AvgIpc) is 2.73. The Bertz CT molecular complexity index is 494. The van der Waals surface area contributed by atoms with Crippen LogP contribution < -0.4 is 4.74 Å². The quantitative estimate of drug-likeness (QED) is 0.622. The van der Waals surface area contributed by atoms with Crippen LogP contribution in [0.15, 0.2) is 12.1 Å². The van der Waals surface area contributed by atoms with Gasteiger partial charge < -0.3 is 9.47 Å². The molecule has 2 aliphatic heterocycles. The van der Waals surface area contributed by atoms with Gasteiger partial charge in [-0.2, -0.15) is 0 Å².